The van der Waals surface area contributed by atoms with Crippen molar-refractivity contribution in [3.63, 3.8) is 0 Å². The molecule has 0 heterocycles. The molecule has 0 radical (unpaired) electrons. The predicted octanol–water partition coefficient (Wildman–Crippen LogP) is 3.19. The van der Waals surface area contributed by atoms with Crippen molar-refractivity contribution in [2.45, 2.75) is 45.5 Å². The van der Waals surface area contributed by atoms with Crippen molar-refractivity contribution in [2.75, 3.05) is 0 Å². The minimum Gasteiger partial charge on any atom is -0.412 e. The van der Waals surface area contributed by atoms with Gasteiger partial charge >= 0.3 is 0 Å². The van der Waals surface area contributed by atoms with Crippen molar-refractivity contribution in [1.82, 2.24) is 0 Å². The van der Waals surface area contributed by atoms with Crippen molar-refractivity contribution in [1.29, 1.82) is 0 Å². The molecule has 0 N–H and O–H groups in total. The van der Waals surface area contributed by atoms with E-state index in [0.29, 0.717) is 0 Å². The Labute approximate surface area is 71.6 Å². The molecule has 1 nitrogen and oxygen atoms in total. The molecule has 0 unspecified atom stereocenters. The Balaban J connectivity index is 4.00. The maximum absolute atomic E-state index is 5.93. The highest BCUT2D eigenvalue weighted by Crippen LogP contribution is 2.20. The first-order valence-corrected chi connectivity index (χ1v) is 7.49. The molecule has 66 valence electrons. The van der Waals surface area contributed by atoms with Gasteiger partial charge in [-0.1, -0.05) is 6.08 Å². The Morgan fingerprint density at radius 3 is 2.09 bits per heavy atom. The van der Waals surface area contributed by atoms with Crippen LogP contribution in [-0.4, -0.2) is 13.9 Å². The lowest BCUT2D eigenvalue weighted by atomic mass is 10.1. The van der Waals surface area contributed by atoms with Crippen molar-refractivity contribution < 1.29 is 4.43 Å². The van der Waals surface area contributed by atoms with Crippen molar-refractivity contribution in [3.8, 4) is 0 Å². The predicted molar refractivity (Wildman–Crippen MR) is 53.3 cm³/mol. The van der Waals surface area contributed by atoms with E-state index in [4.69, 9.17) is 4.43 Å². The summed E-state index contributed by atoms with van der Waals surface area (Å²) in [5.41, 5.74) is -0.0216. The van der Waals surface area contributed by atoms with Gasteiger partial charge in [0.05, 0.1) is 5.60 Å². The second-order valence-corrected chi connectivity index (χ2v) is 8.90. The van der Waals surface area contributed by atoms with Gasteiger partial charge in [-0.3, -0.25) is 0 Å². The molecule has 0 saturated carbocycles. The maximum atomic E-state index is 5.93. The number of rotatable bonds is 4. The normalized spacial score (nSPS) is 13.2. The molecule has 0 aromatic carbocycles. The molecule has 0 atom stereocenters. The molecular weight excluding hydrogens is 152 g/mol. The summed E-state index contributed by atoms with van der Waals surface area (Å²) in [7, 11) is -1.38. The summed E-state index contributed by atoms with van der Waals surface area (Å²) in [4.78, 5) is 0. The van der Waals surface area contributed by atoms with E-state index in [1.165, 1.54) is 0 Å². The van der Waals surface area contributed by atoms with E-state index < -0.39 is 8.32 Å². The zero-order chi connectivity index (χ0) is 9.12. The molecule has 0 saturated heterocycles. The van der Waals surface area contributed by atoms with Crippen LogP contribution in [0.5, 0.6) is 0 Å². The van der Waals surface area contributed by atoms with Gasteiger partial charge in [-0.2, -0.15) is 0 Å². The van der Waals surface area contributed by atoms with Gasteiger partial charge in [-0.15, -0.1) is 6.58 Å². The molecule has 0 spiro atoms. The lowest BCUT2D eigenvalue weighted by molar-refractivity contribution is 0.105. The summed E-state index contributed by atoms with van der Waals surface area (Å²) in [6, 6.07) is 0. The fraction of sp³-hybridized carbons (Fsp3) is 0.778. The molecule has 0 fully saturated rings. The fourth-order valence-electron chi connectivity index (χ4n) is 1.22. The zero-order valence-electron chi connectivity index (χ0n) is 8.40. The second kappa shape index (κ2) is 3.54. The van der Waals surface area contributed by atoms with E-state index in [1.807, 2.05) is 6.08 Å². The topological polar surface area (TPSA) is 9.23 Å². The SMILES string of the molecule is C=CCC(C)(C)O[Si](C)(C)C. The Morgan fingerprint density at radius 1 is 1.36 bits per heavy atom. The first-order valence-electron chi connectivity index (χ1n) is 4.08. The maximum Gasteiger partial charge on any atom is 0.184 e. The summed E-state index contributed by atoms with van der Waals surface area (Å²) >= 11 is 0. The van der Waals surface area contributed by atoms with Crippen LogP contribution in [0.2, 0.25) is 19.6 Å². The third-order valence-corrected chi connectivity index (χ3v) is 2.38. The highest BCUT2D eigenvalue weighted by atomic mass is 28.4. The molecular formula is C9H20OSi. The van der Waals surface area contributed by atoms with E-state index >= 15 is 0 Å². The van der Waals surface area contributed by atoms with Crippen LogP contribution < -0.4 is 0 Å². The Bertz CT molecular complexity index is 133. The quantitative estimate of drug-likeness (QED) is 0.467. The van der Waals surface area contributed by atoms with Crippen LogP contribution in [0.25, 0.3) is 0 Å². The summed E-state index contributed by atoms with van der Waals surface area (Å²) in [5.74, 6) is 0. The molecule has 0 aliphatic carbocycles. The van der Waals surface area contributed by atoms with Gasteiger partial charge in [-0.05, 0) is 39.9 Å². The lowest BCUT2D eigenvalue weighted by Gasteiger charge is -2.32. The van der Waals surface area contributed by atoms with Gasteiger partial charge in [0, 0.05) is 0 Å². The van der Waals surface area contributed by atoms with Crippen LogP contribution >= 0.6 is 0 Å². The van der Waals surface area contributed by atoms with Crippen LogP contribution in [0.4, 0.5) is 0 Å². The van der Waals surface area contributed by atoms with Gasteiger partial charge in [0.15, 0.2) is 8.32 Å². The molecule has 0 aliphatic heterocycles. The molecule has 0 aromatic heterocycles. The average Bonchev–Trinajstić information content (AvgIpc) is 1.55. The zero-order valence-corrected chi connectivity index (χ0v) is 9.40. The first kappa shape index (κ1) is 10.9. The van der Waals surface area contributed by atoms with Gasteiger partial charge in [-0.25, -0.2) is 0 Å². The van der Waals surface area contributed by atoms with Gasteiger partial charge in [0.25, 0.3) is 0 Å². The van der Waals surface area contributed by atoms with E-state index in [-0.39, 0.29) is 5.60 Å². The Hall–Kier alpha value is -0.0831. The largest absolute Gasteiger partial charge is 0.412 e. The van der Waals surface area contributed by atoms with E-state index in [0.717, 1.165) is 6.42 Å². The standard InChI is InChI=1S/C9H20OSi/c1-7-8-9(2,3)10-11(4,5)6/h7H,1,8H2,2-6H3. The highest BCUT2D eigenvalue weighted by Gasteiger charge is 2.25. The molecule has 11 heavy (non-hydrogen) atoms. The minimum absolute atomic E-state index is 0.0216. The Kier molecular flexibility index (Phi) is 3.52. The average molecular weight is 172 g/mol. The lowest BCUT2D eigenvalue weighted by Crippen LogP contribution is -2.37. The highest BCUT2D eigenvalue weighted by molar-refractivity contribution is 6.69. The molecule has 0 aliphatic rings. The first-order chi connectivity index (χ1) is 4.77. The molecule has 0 amide bonds. The number of hydrogen-bond donors (Lipinski definition) is 0. The second-order valence-electron chi connectivity index (χ2n) is 4.47. The van der Waals surface area contributed by atoms with Crippen molar-refractivity contribution in [2.24, 2.45) is 0 Å². The van der Waals surface area contributed by atoms with Crippen LogP contribution in [0, 0.1) is 0 Å². The molecule has 2 heteroatoms. The van der Waals surface area contributed by atoms with Crippen LogP contribution in [-0.2, 0) is 4.43 Å². The monoisotopic (exact) mass is 172 g/mol. The smallest absolute Gasteiger partial charge is 0.184 e. The molecule has 0 bridgehead atoms. The number of hydrogen-bond acceptors (Lipinski definition) is 1. The minimum atomic E-state index is -1.38. The summed E-state index contributed by atoms with van der Waals surface area (Å²) in [5, 5.41) is 0. The van der Waals surface area contributed by atoms with Gasteiger partial charge in [0.1, 0.15) is 0 Å². The summed E-state index contributed by atoms with van der Waals surface area (Å²) < 4.78 is 5.93. The van der Waals surface area contributed by atoms with Crippen molar-refractivity contribution in [3.05, 3.63) is 12.7 Å². The van der Waals surface area contributed by atoms with E-state index in [2.05, 4.69) is 40.1 Å². The van der Waals surface area contributed by atoms with Crippen LogP contribution in [0.1, 0.15) is 20.3 Å². The van der Waals surface area contributed by atoms with Gasteiger partial charge in [0.2, 0.25) is 0 Å². The van der Waals surface area contributed by atoms with E-state index in [9.17, 15) is 0 Å². The third-order valence-electron chi connectivity index (χ3n) is 1.22. The Morgan fingerprint density at radius 2 is 1.82 bits per heavy atom. The van der Waals surface area contributed by atoms with Crippen LogP contribution in [0.3, 0.4) is 0 Å². The third kappa shape index (κ3) is 6.32. The van der Waals surface area contributed by atoms with Crippen LogP contribution in [0.15, 0.2) is 12.7 Å². The van der Waals surface area contributed by atoms with Crippen molar-refractivity contribution >= 4 is 8.32 Å². The summed E-state index contributed by atoms with van der Waals surface area (Å²) in [6.07, 6.45) is 2.84. The van der Waals surface area contributed by atoms with Gasteiger partial charge < -0.3 is 4.43 Å². The fourth-order valence-corrected chi connectivity index (χ4v) is 2.96. The van der Waals surface area contributed by atoms with E-state index in [1.54, 1.807) is 0 Å². The summed E-state index contributed by atoms with van der Waals surface area (Å²) in [6.45, 7) is 14.6. The molecule has 0 aromatic rings. The molecule has 0 rings (SSSR count).